The largest absolute Gasteiger partial charge is 0.484 e. The van der Waals surface area contributed by atoms with Gasteiger partial charge in [-0.05, 0) is 54.8 Å². The molecule has 1 aromatic carbocycles. The van der Waals surface area contributed by atoms with Gasteiger partial charge in [-0.3, -0.25) is 14.6 Å². The van der Waals surface area contributed by atoms with Crippen LogP contribution in [0.25, 0.3) is 0 Å². The van der Waals surface area contributed by atoms with Gasteiger partial charge in [-0.25, -0.2) is 0 Å². The minimum absolute atomic E-state index is 0.00941. The van der Waals surface area contributed by atoms with E-state index in [4.69, 9.17) is 10.5 Å². The van der Waals surface area contributed by atoms with Gasteiger partial charge in [-0.2, -0.15) is 0 Å². The van der Waals surface area contributed by atoms with Crippen LogP contribution in [0.2, 0.25) is 0 Å². The molecule has 0 bridgehead atoms. The number of primary amides is 1. The summed E-state index contributed by atoms with van der Waals surface area (Å²) >= 11 is 0. The van der Waals surface area contributed by atoms with Crippen LogP contribution in [0.4, 0.5) is 0 Å². The quantitative estimate of drug-likeness (QED) is 0.895. The third-order valence-electron chi connectivity index (χ3n) is 4.59. The molecule has 1 aliphatic heterocycles. The fourth-order valence-corrected chi connectivity index (χ4v) is 3.30. The molecule has 1 aliphatic rings. The number of hydrogen-bond acceptors (Lipinski definition) is 4. The number of nitrogens with two attached hydrogens (primary N) is 1. The smallest absolute Gasteiger partial charge is 0.255 e. The molecule has 0 radical (unpaired) electrons. The van der Waals surface area contributed by atoms with Crippen LogP contribution in [0.1, 0.15) is 47.6 Å². The number of carbonyl (C=O) groups is 2. The number of aromatic nitrogens is 1. The third kappa shape index (κ3) is 4.39. The van der Waals surface area contributed by atoms with Crippen LogP contribution in [0.3, 0.4) is 0 Å². The highest BCUT2D eigenvalue weighted by Gasteiger charge is 2.27. The first-order chi connectivity index (χ1) is 12.6. The van der Waals surface area contributed by atoms with E-state index in [9.17, 15) is 9.59 Å². The number of carbonyl (C=O) groups excluding carboxylic acids is 2. The van der Waals surface area contributed by atoms with Crippen molar-refractivity contribution in [1.82, 2.24) is 9.88 Å². The van der Waals surface area contributed by atoms with Gasteiger partial charge in [0, 0.05) is 24.5 Å². The molecule has 0 saturated carbocycles. The van der Waals surface area contributed by atoms with Crippen LogP contribution in [0, 0.1) is 0 Å². The van der Waals surface area contributed by atoms with Gasteiger partial charge < -0.3 is 15.4 Å². The second kappa shape index (κ2) is 8.47. The molecule has 1 aromatic heterocycles. The van der Waals surface area contributed by atoms with Crippen LogP contribution < -0.4 is 10.5 Å². The zero-order valence-electron chi connectivity index (χ0n) is 14.6. The van der Waals surface area contributed by atoms with Crippen molar-refractivity contribution >= 4 is 11.8 Å². The standard InChI is InChI=1S/C20H23N3O3/c21-19(24)14-26-17-7-5-16(6-8-17)20(25)23-13-3-1-2-4-18(23)15-9-11-22-12-10-15/h5-12,18H,1-4,13-14H2,(H2,21,24). The molecule has 2 heterocycles. The molecule has 136 valence electrons. The molecule has 2 amide bonds. The average Bonchev–Trinajstić information content (AvgIpc) is 2.93. The Labute approximate surface area is 153 Å². The highest BCUT2D eigenvalue weighted by atomic mass is 16.5. The molecule has 26 heavy (non-hydrogen) atoms. The summed E-state index contributed by atoms with van der Waals surface area (Å²) in [6.07, 6.45) is 7.74. The van der Waals surface area contributed by atoms with Crippen molar-refractivity contribution in [3.05, 3.63) is 59.9 Å². The lowest BCUT2D eigenvalue weighted by atomic mass is 10.0. The molecule has 0 spiro atoms. The van der Waals surface area contributed by atoms with E-state index < -0.39 is 5.91 Å². The van der Waals surface area contributed by atoms with Crippen LogP contribution >= 0.6 is 0 Å². The minimum atomic E-state index is -0.532. The van der Waals surface area contributed by atoms with Crippen molar-refractivity contribution in [2.24, 2.45) is 5.73 Å². The number of hydrogen-bond donors (Lipinski definition) is 1. The van der Waals surface area contributed by atoms with Crippen LogP contribution in [0.5, 0.6) is 5.75 Å². The van der Waals surface area contributed by atoms with E-state index in [1.54, 1.807) is 36.7 Å². The van der Waals surface area contributed by atoms with Gasteiger partial charge in [-0.15, -0.1) is 0 Å². The summed E-state index contributed by atoms with van der Waals surface area (Å²) in [5, 5.41) is 0. The van der Waals surface area contributed by atoms with E-state index >= 15 is 0 Å². The first-order valence-corrected chi connectivity index (χ1v) is 8.87. The maximum atomic E-state index is 13.1. The van der Waals surface area contributed by atoms with Crippen LogP contribution in [0.15, 0.2) is 48.8 Å². The summed E-state index contributed by atoms with van der Waals surface area (Å²) in [6, 6.07) is 10.9. The van der Waals surface area contributed by atoms with Gasteiger partial charge in [0.25, 0.3) is 11.8 Å². The molecule has 1 unspecified atom stereocenters. The van der Waals surface area contributed by atoms with E-state index in [0.29, 0.717) is 11.3 Å². The van der Waals surface area contributed by atoms with Gasteiger partial charge in [-0.1, -0.05) is 12.8 Å². The van der Waals surface area contributed by atoms with E-state index in [1.165, 1.54) is 0 Å². The molecular formula is C20H23N3O3. The Balaban J connectivity index is 1.78. The van der Waals surface area contributed by atoms with Crippen LogP contribution in [-0.4, -0.2) is 34.8 Å². The normalized spacial score (nSPS) is 17.4. The predicted octanol–water partition coefficient (Wildman–Crippen LogP) is 2.70. The highest BCUT2D eigenvalue weighted by molar-refractivity contribution is 5.94. The van der Waals surface area contributed by atoms with Gasteiger partial charge in [0.15, 0.2) is 6.61 Å². The third-order valence-corrected chi connectivity index (χ3v) is 4.59. The summed E-state index contributed by atoms with van der Waals surface area (Å²) in [6.45, 7) is 0.565. The SMILES string of the molecule is NC(=O)COc1ccc(C(=O)N2CCCCCC2c2ccncc2)cc1. The average molecular weight is 353 g/mol. The van der Waals surface area contributed by atoms with Crippen LogP contribution in [-0.2, 0) is 4.79 Å². The minimum Gasteiger partial charge on any atom is -0.484 e. The van der Waals surface area contributed by atoms with E-state index in [1.807, 2.05) is 17.0 Å². The Hall–Kier alpha value is -2.89. The Morgan fingerprint density at radius 2 is 1.81 bits per heavy atom. The molecule has 1 atom stereocenters. The van der Waals surface area contributed by atoms with Crippen molar-refractivity contribution in [3.8, 4) is 5.75 Å². The monoisotopic (exact) mass is 353 g/mol. The van der Waals surface area contributed by atoms with Gasteiger partial charge in [0.05, 0.1) is 6.04 Å². The molecule has 6 heteroatoms. The topological polar surface area (TPSA) is 85.5 Å². The number of rotatable bonds is 5. The number of nitrogens with zero attached hydrogens (tertiary/aromatic N) is 2. The van der Waals surface area contributed by atoms with E-state index in [-0.39, 0.29) is 18.6 Å². The lowest BCUT2D eigenvalue weighted by Crippen LogP contribution is -2.34. The highest BCUT2D eigenvalue weighted by Crippen LogP contribution is 2.31. The number of benzene rings is 1. The van der Waals surface area contributed by atoms with Crippen molar-refractivity contribution in [3.63, 3.8) is 0 Å². The first-order valence-electron chi connectivity index (χ1n) is 8.87. The Morgan fingerprint density at radius 3 is 2.50 bits per heavy atom. The molecule has 3 rings (SSSR count). The maximum absolute atomic E-state index is 13.1. The number of amides is 2. The second-order valence-corrected chi connectivity index (χ2v) is 6.42. The predicted molar refractivity (Wildman–Crippen MR) is 97.6 cm³/mol. The molecule has 1 saturated heterocycles. The van der Waals surface area contributed by atoms with E-state index in [0.717, 1.165) is 37.8 Å². The fourth-order valence-electron chi connectivity index (χ4n) is 3.30. The summed E-state index contributed by atoms with van der Waals surface area (Å²) in [7, 11) is 0. The fraction of sp³-hybridized carbons (Fsp3) is 0.350. The Morgan fingerprint density at radius 1 is 1.08 bits per heavy atom. The summed E-state index contributed by atoms with van der Waals surface area (Å²) < 4.78 is 5.25. The molecule has 2 aromatic rings. The second-order valence-electron chi connectivity index (χ2n) is 6.42. The van der Waals surface area contributed by atoms with Crippen molar-refractivity contribution in [1.29, 1.82) is 0 Å². The van der Waals surface area contributed by atoms with Crippen molar-refractivity contribution < 1.29 is 14.3 Å². The van der Waals surface area contributed by atoms with E-state index in [2.05, 4.69) is 4.98 Å². The number of likely N-dealkylation sites (tertiary alicyclic amines) is 1. The molecule has 1 fully saturated rings. The Bertz CT molecular complexity index is 747. The zero-order valence-corrected chi connectivity index (χ0v) is 14.6. The zero-order chi connectivity index (χ0) is 18.4. The lowest BCUT2D eigenvalue weighted by Gasteiger charge is -2.30. The molecule has 0 aliphatic carbocycles. The van der Waals surface area contributed by atoms with Crippen molar-refractivity contribution in [2.75, 3.05) is 13.2 Å². The molecule has 6 nitrogen and oxygen atoms in total. The van der Waals surface area contributed by atoms with Gasteiger partial charge in [0.1, 0.15) is 5.75 Å². The summed E-state index contributed by atoms with van der Waals surface area (Å²) in [4.78, 5) is 29.9. The molecule has 2 N–H and O–H groups in total. The lowest BCUT2D eigenvalue weighted by molar-refractivity contribution is -0.119. The summed E-state index contributed by atoms with van der Waals surface area (Å²) in [5.41, 5.74) is 6.80. The maximum Gasteiger partial charge on any atom is 0.255 e. The first kappa shape index (κ1) is 17.9. The Kier molecular flexibility index (Phi) is 5.84. The van der Waals surface area contributed by atoms with Gasteiger partial charge in [0.2, 0.25) is 0 Å². The van der Waals surface area contributed by atoms with Gasteiger partial charge >= 0.3 is 0 Å². The summed E-state index contributed by atoms with van der Waals surface area (Å²) in [5.74, 6) is -0.00743. The number of ether oxygens (including phenoxy) is 1. The van der Waals surface area contributed by atoms with Crippen molar-refractivity contribution in [2.45, 2.75) is 31.7 Å². The molecular weight excluding hydrogens is 330 g/mol. The number of pyridine rings is 1.